The van der Waals surface area contributed by atoms with Crippen molar-refractivity contribution < 1.29 is 9.37 Å². The lowest BCUT2D eigenvalue weighted by molar-refractivity contribution is 0.204. The number of anilines is 3. The Morgan fingerprint density at radius 1 is 1.30 bits per heavy atom. The zero-order valence-electron chi connectivity index (χ0n) is 12.2. The van der Waals surface area contributed by atoms with Crippen LogP contribution in [0.1, 0.15) is 0 Å². The van der Waals surface area contributed by atoms with Gasteiger partial charge in [0.05, 0.1) is 22.3 Å². The van der Waals surface area contributed by atoms with Crippen molar-refractivity contribution in [3.05, 3.63) is 28.2 Å². The van der Waals surface area contributed by atoms with E-state index in [0.29, 0.717) is 40.5 Å². The molecule has 3 N–H and O–H groups in total. The number of amidine groups is 1. The molecule has 1 aliphatic rings. The van der Waals surface area contributed by atoms with Crippen molar-refractivity contribution in [3.63, 3.8) is 0 Å². The van der Waals surface area contributed by atoms with E-state index in [1.807, 2.05) is 0 Å². The zero-order valence-corrected chi connectivity index (χ0v) is 13.7. The van der Waals surface area contributed by atoms with Gasteiger partial charge in [0.1, 0.15) is 12.0 Å². The number of rotatable bonds is 4. The maximum absolute atomic E-state index is 8.38. The maximum atomic E-state index is 8.38. The zero-order chi connectivity index (χ0) is 16.6. The molecule has 0 amide bonds. The summed E-state index contributed by atoms with van der Waals surface area (Å²) in [6, 6.07) is 5.00. The first-order valence-corrected chi connectivity index (χ1v) is 7.47. The lowest BCUT2D eigenvalue weighted by Gasteiger charge is -2.38. The summed E-state index contributed by atoms with van der Waals surface area (Å²) in [5, 5.41) is 17.0. The van der Waals surface area contributed by atoms with Gasteiger partial charge in [-0.05, 0) is 28.5 Å². The maximum Gasteiger partial charge on any atom is 0.228 e. The molecule has 0 saturated carbocycles. The van der Waals surface area contributed by atoms with Gasteiger partial charge in [0.25, 0.3) is 0 Å². The third kappa shape index (κ3) is 2.74. The van der Waals surface area contributed by atoms with Crippen LogP contribution in [0.3, 0.4) is 0 Å². The van der Waals surface area contributed by atoms with Crippen LogP contribution < -0.4 is 15.5 Å². The molecule has 3 rings (SSSR count). The molecule has 1 atom stereocenters. The van der Waals surface area contributed by atoms with Crippen LogP contribution in [0, 0.1) is 5.41 Å². The first-order valence-electron chi connectivity index (χ1n) is 6.72. The molecule has 0 radical (unpaired) electrons. The summed E-state index contributed by atoms with van der Waals surface area (Å²) in [6.45, 7) is 0.885. The van der Waals surface area contributed by atoms with Gasteiger partial charge in [-0.1, -0.05) is 23.2 Å². The minimum Gasteiger partial charge on any atom is -0.383 e. The topological polar surface area (TPSA) is 104 Å². The minimum absolute atomic E-state index is 0.114. The van der Waals surface area contributed by atoms with Crippen molar-refractivity contribution in [2.75, 3.05) is 30.1 Å². The average molecular weight is 357 g/mol. The molecule has 1 aliphatic heterocycles. The van der Waals surface area contributed by atoms with Crippen molar-refractivity contribution in [1.82, 2.24) is 10.3 Å². The molecule has 1 unspecified atom stereocenters. The quantitative estimate of drug-likeness (QED) is 0.865. The molecule has 122 valence electrons. The fourth-order valence-corrected chi connectivity index (χ4v) is 2.64. The van der Waals surface area contributed by atoms with E-state index in [0.717, 1.165) is 0 Å². The second kappa shape index (κ2) is 6.32. The molecule has 10 heteroatoms. The van der Waals surface area contributed by atoms with Gasteiger partial charge in [-0.15, -0.1) is 0 Å². The molecule has 0 bridgehead atoms. The Labute approximate surface area is 142 Å². The highest BCUT2D eigenvalue weighted by Gasteiger charge is 2.38. The monoisotopic (exact) mass is 356 g/mol. The molecule has 0 aliphatic carbocycles. The molecule has 8 nitrogen and oxygen atoms in total. The lowest BCUT2D eigenvalue weighted by atomic mass is 10.2. The van der Waals surface area contributed by atoms with E-state index < -0.39 is 6.17 Å². The molecule has 0 spiro atoms. The van der Waals surface area contributed by atoms with Gasteiger partial charge >= 0.3 is 0 Å². The summed E-state index contributed by atoms with van der Waals surface area (Å²) < 4.78 is 9.91. The number of methoxy groups -OCH3 is 1. The number of nitrogens with one attached hydrogen (secondary N) is 1. The number of fused-ring (bicyclic) bond motifs is 1. The Hall–Kier alpha value is -1.87. The van der Waals surface area contributed by atoms with E-state index in [1.165, 1.54) is 4.90 Å². The SMILES string of the molecule is COCCN1c2nonc2N(c2ccc(Cl)c(Cl)c2)C(=N)C1N. The normalized spacial score (nSPS) is 17.6. The predicted octanol–water partition coefficient (Wildman–Crippen LogP) is 2.24. The molecule has 0 fully saturated rings. The van der Waals surface area contributed by atoms with Crippen LogP contribution >= 0.6 is 23.2 Å². The van der Waals surface area contributed by atoms with E-state index in [2.05, 4.69) is 10.3 Å². The number of halogens is 2. The molecule has 2 aromatic rings. The Kier molecular flexibility index (Phi) is 4.40. The van der Waals surface area contributed by atoms with Crippen molar-refractivity contribution in [2.45, 2.75) is 6.17 Å². The van der Waals surface area contributed by atoms with Gasteiger partial charge in [0.2, 0.25) is 11.6 Å². The summed E-state index contributed by atoms with van der Waals surface area (Å²) in [6.07, 6.45) is -0.723. The number of hydrogen-bond donors (Lipinski definition) is 2. The molecular formula is C13H14Cl2N6O2. The average Bonchev–Trinajstić information content (AvgIpc) is 3.00. The van der Waals surface area contributed by atoms with Crippen LogP contribution in [0.4, 0.5) is 17.3 Å². The van der Waals surface area contributed by atoms with Gasteiger partial charge < -0.3 is 15.4 Å². The van der Waals surface area contributed by atoms with Crippen LogP contribution in [-0.2, 0) is 4.74 Å². The molecule has 23 heavy (non-hydrogen) atoms. The van der Waals surface area contributed by atoms with E-state index in [4.69, 9.17) is 43.7 Å². The number of nitrogens with zero attached hydrogens (tertiary/aromatic N) is 4. The Balaban J connectivity index is 2.04. The fourth-order valence-electron chi connectivity index (χ4n) is 2.35. The summed E-state index contributed by atoms with van der Waals surface area (Å²) in [7, 11) is 1.59. The van der Waals surface area contributed by atoms with Crippen LogP contribution in [0.15, 0.2) is 22.8 Å². The highest BCUT2D eigenvalue weighted by molar-refractivity contribution is 6.42. The van der Waals surface area contributed by atoms with Gasteiger partial charge in [-0.25, -0.2) is 4.63 Å². The van der Waals surface area contributed by atoms with E-state index in [9.17, 15) is 0 Å². The van der Waals surface area contributed by atoms with Gasteiger partial charge in [-0.2, -0.15) is 0 Å². The molecule has 1 aromatic carbocycles. The number of benzene rings is 1. The number of nitrogens with two attached hydrogens (primary N) is 1. The number of hydrogen-bond acceptors (Lipinski definition) is 7. The van der Waals surface area contributed by atoms with Gasteiger partial charge in [0, 0.05) is 13.7 Å². The largest absolute Gasteiger partial charge is 0.383 e. The van der Waals surface area contributed by atoms with Gasteiger partial charge in [0.15, 0.2) is 0 Å². The summed E-state index contributed by atoms with van der Waals surface area (Å²) in [5.41, 5.74) is 6.77. The molecule has 0 saturated heterocycles. The second-order valence-electron chi connectivity index (χ2n) is 4.86. The van der Waals surface area contributed by atoms with Crippen molar-refractivity contribution >= 4 is 46.4 Å². The molecule has 2 heterocycles. The lowest BCUT2D eigenvalue weighted by Crippen LogP contribution is -2.57. The van der Waals surface area contributed by atoms with Crippen molar-refractivity contribution in [1.29, 1.82) is 5.41 Å². The van der Waals surface area contributed by atoms with Gasteiger partial charge in [-0.3, -0.25) is 10.3 Å². The van der Waals surface area contributed by atoms with Crippen LogP contribution in [0.5, 0.6) is 0 Å². The Morgan fingerprint density at radius 2 is 2.04 bits per heavy atom. The summed E-state index contributed by atoms with van der Waals surface area (Å²) >= 11 is 12.0. The molecule has 1 aromatic heterocycles. The summed E-state index contributed by atoms with van der Waals surface area (Å²) in [4.78, 5) is 3.23. The highest BCUT2D eigenvalue weighted by atomic mass is 35.5. The van der Waals surface area contributed by atoms with Crippen LogP contribution in [0.2, 0.25) is 10.0 Å². The summed E-state index contributed by atoms with van der Waals surface area (Å²) in [5.74, 6) is 0.922. The minimum atomic E-state index is -0.723. The first-order chi connectivity index (χ1) is 11.0. The molecular weight excluding hydrogens is 343 g/mol. The Morgan fingerprint density at radius 3 is 2.74 bits per heavy atom. The number of aromatic nitrogens is 2. The smallest absolute Gasteiger partial charge is 0.228 e. The Bertz CT molecular complexity index is 737. The van der Waals surface area contributed by atoms with Crippen LogP contribution in [0.25, 0.3) is 0 Å². The third-order valence-electron chi connectivity index (χ3n) is 3.49. The van der Waals surface area contributed by atoms with E-state index in [1.54, 1.807) is 30.2 Å². The first kappa shape index (κ1) is 16.0. The van der Waals surface area contributed by atoms with Crippen molar-refractivity contribution in [2.24, 2.45) is 5.73 Å². The number of ether oxygens (including phenoxy) is 1. The van der Waals surface area contributed by atoms with E-state index >= 15 is 0 Å². The highest BCUT2D eigenvalue weighted by Crippen LogP contribution is 2.38. The van der Waals surface area contributed by atoms with Crippen molar-refractivity contribution in [3.8, 4) is 0 Å². The predicted molar refractivity (Wildman–Crippen MR) is 87.8 cm³/mol. The third-order valence-corrected chi connectivity index (χ3v) is 4.23. The van der Waals surface area contributed by atoms with E-state index in [-0.39, 0.29) is 5.84 Å². The standard InChI is InChI=1S/C13H14Cl2N6O2/c1-22-5-4-20-10(16)11(17)21(13-12(20)18-23-19-13)7-2-3-8(14)9(15)6-7/h2-3,6,10,17H,4-5,16H2,1H3. The fraction of sp³-hybridized carbons (Fsp3) is 0.308. The van der Waals surface area contributed by atoms with Crippen LogP contribution in [-0.4, -0.2) is 42.6 Å². The second-order valence-corrected chi connectivity index (χ2v) is 5.68.